The minimum Gasteiger partial charge on any atom is -0.441 e. The maximum atomic E-state index is 12.9. The molecule has 0 aliphatic carbocycles. The Kier molecular flexibility index (Phi) is 6.51. The van der Waals surface area contributed by atoms with Gasteiger partial charge >= 0.3 is 6.18 Å². The molecule has 0 saturated carbocycles. The van der Waals surface area contributed by atoms with Gasteiger partial charge in [0.05, 0.1) is 17.0 Å². The molecule has 2 heterocycles. The summed E-state index contributed by atoms with van der Waals surface area (Å²) in [6.45, 7) is 7.43. The molecule has 2 aromatic carbocycles. The summed E-state index contributed by atoms with van der Waals surface area (Å²) in [5, 5.41) is 6.99. The number of aryl methyl sites for hydroxylation is 3. The number of oxazole rings is 1. The number of benzene rings is 2. The number of nitrogens with zero attached hydrogens (tertiary/aromatic N) is 3. The summed E-state index contributed by atoms with van der Waals surface area (Å²) in [6.07, 6.45) is -4.00. The average molecular weight is 483 g/mol. The summed E-state index contributed by atoms with van der Waals surface area (Å²) in [7, 11) is 0. The van der Waals surface area contributed by atoms with Crippen molar-refractivity contribution in [3.8, 4) is 11.5 Å². The van der Waals surface area contributed by atoms with Gasteiger partial charge < -0.3 is 9.73 Å². The number of alkyl halides is 3. The molecule has 6 nitrogen and oxygen atoms in total. The first-order chi connectivity index (χ1) is 16.5. The van der Waals surface area contributed by atoms with Gasteiger partial charge in [-0.15, -0.1) is 0 Å². The second kappa shape index (κ2) is 9.40. The first-order valence-electron chi connectivity index (χ1n) is 11.0. The van der Waals surface area contributed by atoms with Crippen LogP contribution in [0.2, 0.25) is 0 Å². The second-order valence-electron chi connectivity index (χ2n) is 8.45. The Morgan fingerprint density at radius 1 is 1.06 bits per heavy atom. The zero-order valence-corrected chi connectivity index (χ0v) is 19.8. The van der Waals surface area contributed by atoms with Crippen molar-refractivity contribution in [3.05, 3.63) is 88.1 Å². The van der Waals surface area contributed by atoms with E-state index in [2.05, 4.69) is 10.4 Å². The predicted molar refractivity (Wildman–Crippen MR) is 126 cm³/mol. The summed E-state index contributed by atoms with van der Waals surface area (Å²) in [5.41, 5.74) is 4.47. The Labute approximate surface area is 200 Å². The normalized spacial score (nSPS) is 11.6. The number of amides is 1. The molecule has 0 saturated heterocycles. The smallest absolute Gasteiger partial charge is 0.416 e. The average Bonchev–Trinajstić information content (AvgIpc) is 3.28. The molecule has 0 fully saturated rings. The first kappa shape index (κ1) is 24.3. The molecule has 1 amide bonds. The standard InChI is InChI=1S/C26H25F3N4O2/c1-15-8-5-6-11-21(15)25-31-23(18(4)35-25)13-22-16(2)32-33(17(22)3)14-24(34)30-20-10-7-9-19(12-20)26(27,28)29/h5-12H,13-14H2,1-4H3,(H,30,34). The predicted octanol–water partition coefficient (Wildman–Crippen LogP) is 6.02. The quantitative estimate of drug-likeness (QED) is 0.365. The molecule has 35 heavy (non-hydrogen) atoms. The van der Waals surface area contributed by atoms with E-state index >= 15 is 0 Å². The SMILES string of the molecule is Cc1ccccc1-c1nc(Cc2c(C)nn(CC(=O)Nc3cccc(C(F)(F)F)c3)c2C)c(C)o1. The minimum atomic E-state index is -4.48. The van der Waals surface area contributed by atoms with Crippen LogP contribution in [0, 0.1) is 27.7 Å². The van der Waals surface area contributed by atoms with Gasteiger partial charge in [-0.2, -0.15) is 18.3 Å². The molecule has 0 radical (unpaired) electrons. The van der Waals surface area contributed by atoms with Gasteiger partial charge in [0.15, 0.2) is 0 Å². The lowest BCUT2D eigenvalue weighted by Crippen LogP contribution is -2.20. The number of halogens is 3. The van der Waals surface area contributed by atoms with Gasteiger partial charge in [0.1, 0.15) is 12.3 Å². The highest BCUT2D eigenvalue weighted by Gasteiger charge is 2.30. The number of carbonyl (C=O) groups excluding carboxylic acids is 1. The van der Waals surface area contributed by atoms with Crippen LogP contribution < -0.4 is 5.32 Å². The van der Waals surface area contributed by atoms with Crippen LogP contribution in [0.1, 0.15) is 39.5 Å². The maximum Gasteiger partial charge on any atom is 0.416 e. The fraction of sp³-hybridized carbons (Fsp3) is 0.269. The molecule has 2 aromatic heterocycles. The highest BCUT2D eigenvalue weighted by Crippen LogP contribution is 2.31. The van der Waals surface area contributed by atoms with Crippen LogP contribution in [0.5, 0.6) is 0 Å². The van der Waals surface area contributed by atoms with E-state index in [1.54, 1.807) is 4.68 Å². The van der Waals surface area contributed by atoms with Crippen LogP contribution in [0.15, 0.2) is 52.9 Å². The number of rotatable bonds is 6. The number of carbonyl (C=O) groups is 1. The Hall–Kier alpha value is -3.88. The van der Waals surface area contributed by atoms with Crippen molar-refractivity contribution in [2.24, 2.45) is 0 Å². The maximum absolute atomic E-state index is 12.9. The first-order valence-corrected chi connectivity index (χ1v) is 11.0. The van der Waals surface area contributed by atoms with E-state index in [4.69, 9.17) is 9.40 Å². The number of anilines is 1. The molecule has 0 unspecified atom stereocenters. The third-order valence-corrected chi connectivity index (χ3v) is 5.91. The van der Waals surface area contributed by atoms with Crippen molar-refractivity contribution in [2.45, 2.75) is 46.8 Å². The van der Waals surface area contributed by atoms with Crippen molar-refractivity contribution < 1.29 is 22.4 Å². The molecule has 4 rings (SSSR count). The van der Waals surface area contributed by atoms with Crippen molar-refractivity contribution in [3.63, 3.8) is 0 Å². The van der Waals surface area contributed by atoms with Gasteiger partial charge in [-0.1, -0.05) is 24.3 Å². The van der Waals surface area contributed by atoms with E-state index in [-0.39, 0.29) is 12.2 Å². The molecule has 0 bridgehead atoms. The summed E-state index contributed by atoms with van der Waals surface area (Å²) < 4.78 is 46.3. The monoisotopic (exact) mass is 482 g/mol. The van der Waals surface area contributed by atoms with E-state index in [1.165, 1.54) is 12.1 Å². The van der Waals surface area contributed by atoms with Crippen LogP contribution in [-0.4, -0.2) is 20.7 Å². The van der Waals surface area contributed by atoms with E-state index in [1.807, 2.05) is 52.0 Å². The zero-order valence-electron chi connectivity index (χ0n) is 19.8. The van der Waals surface area contributed by atoms with E-state index < -0.39 is 17.6 Å². The van der Waals surface area contributed by atoms with Gasteiger partial charge in [0.25, 0.3) is 0 Å². The fourth-order valence-corrected chi connectivity index (χ4v) is 3.94. The Balaban J connectivity index is 1.50. The summed E-state index contributed by atoms with van der Waals surface area (Å²) >= 11 is 0. The summed E-state index contributed by atoms with van der Waals surface area (Å²) in [5.74, 6) is 0.789. The van der Waals surface area contributed by atoms with Crippen LogP contribution in [-0.2, 0) is 23.9 Å². The van der Waals surface area contributed by atoms with Crippen LogP contribution >= 0.6 is 0 Å². The molecular weight excluding hydrogens is 457 g/mol. The Morgan fingerprint density at radius 3 is 2.51 bits per heavy atom. The van der Waals surface area contributed by atoms with Crippen molar-refractivity contribution in [1.29, 1.82) is 0 Å². The van der Waals surface area contributed by atoms with Crippen LogP contribution in [0.25, 0.3) is 11.5 Å². The summed E-state index contributed by atoms with van der Waals surface area (Å²) in [6, 6.07) is 12.4. The summed E-state index contributed by atoms with van der Waals surface area (Å²) in [4.78, 5) is 17.2. The number of hydrogen-bond donors (Lipinski definition) is 1. The molecule has 1 N–H and O–H groups in total. The molecule has 0 aliphatic rings. The van der Waals surface area contributed by atoms with Gasteiger partial charge in [-0.25, -0.2) is 4.98 Å². The Morgan fingerprint density at radius 2 is 1.80 bits per heavy atom. The van der Waals surface area contributed by atoms with E-state index in [9.17, 15) is 18.0 Å². The number of aromatic nitrogens is 3. The van der Waals surface area contributed by atoms with Gasteiger partial charge in [-0.3, -0.25) is 9.48 Å². The van der Waals surface area contributed by atoms with Crippen molar-refractivity contribution in [2.75, 3.05) is 5.32 Å². The van der Waals surface area contributed by atoms with Crippen molar-refractivity contribution >= 4 is 11.6 Å². The van der Waals surface area contributed by atoms with Gasteiger partial charge in [0, 0.05) is 28.9 Å². The largest absolute Gasteiger partial charge is 0.441 e. The lowest BCUT2D eigenvalue weighted by molar-refractivity contribution is -0.137. The number of nitrogens with one attached hydrogen (secondary N) is 1. The lowest BCUT2D eigenvalue weighted by Gasteiger charge is -2.10. The topological polar surface area (TPSA) is 73.0 Å². The highest BCUT2D eigenvalue weighted by molar-refractivity contribution is 5.90. The molecule has 0 aliphatic heterocycles. The van der Waals surface area contributed by atoms with Crippen molar-refractivity contribution in [1.82, 2.24) is 14.8 Å². The van der Waals surface area contributed by atoms with E-state index in [0.29, 0.717) is 18.1 Å². The highest BCUT2D eigenvalue weighted by atomic mass is 19.4. The molecule has 4 aromatic rings. The Bertz CT molecular complexity index is 1390. The third kappa shape index (κ3) is 5.29. The fourth-order valence-electron chi connectivity index (χ4n) is 3.94. The third-order valence-electron chi connectivity index (χ3n) is 5.91. The van der Waals surface area contributed by atoms with Crippen LogP contribution in [0.3, 0.4) is 0 Å². The molecule has 9 heteroatoms. The minimum absolute atomic E-state index is 0.0773. The van der Waals surface area contributed by atoms with Gasteiger partial charge in [0.2, 0.25) is 11.8 Å². The molecule has 182 valence electrons. The van der Waals surface area contributed by atoms with Gasteiger partial charge in [-0.05, 0) is 57.5 Å². The zero-order chi connectivity index (χ0) is 25.3. The second-order valence-corrected chi connectivity index (χ2v) is 8.45. The molecular formula is C26H25F3N4O2. The lowest BCUT2D eigenvalue weighted by atomic mass is 10.1. The van der Waals surface area contributed by atoms with E-state index in [0.717, 1.165) is 45.9 Å². The molecule has 0 spiro atoms. The molecule has 0 atom stereocenters. The number of hydrogen-bond acceptors (Lipinski definition) is 4. The van der Waals surface area contributed by atoms with Crippen LogP contribution in [0.4, 0.5) is 18.9 Å².